The van der Waals surface area contributed by atoms with Gasteiger partial charge in [0.1, 0.15) is 17.2 Å². The molecule has 2 aromatic rings. The lowest BCUT2D eigenvalue weighted by Gasteiger charge is -2.46. The van der Waals surface area contributed by atoms with Crippen molar-refractivity contribution in [3.05, 3.63) is 59.9 Å². The lowest BCUT2D eigenvalue weighted by Crippen LogP contribution is -2.67. The highest BCUT2D eigenvalue weighted by Crippen LogP contribution is 2.35. The number of morpholine rings is 1. The number of hydrogen-bond donors (Lipinski definition) is 1. The number of nitrogens with zero attached hydrogens (tertiary/aromatic N) is 3. The van der Waals surface area contributed by atoms with Crippen LogP contribution in [0.3, 0.4) is 0 Å². The second-order valence-electron chi connectivity index (χ2n) is 14.0. The van der Waals surface area contributed by atoms with Gasteiger partial charge in [0.2, 0.25) is 5.91 Å². The van der Waals surface area contributed by atoms with E-state index in [4.69, 9.17) is 9.47 Å². The van der Waals surface area contributed by atoms with Gasteiger partial charge in [0.05, 0.1) is 13.2 Å². The Labute approximate surface area is 256 Å². The van der Waals surface area contributed by atoms with Crippen LogP contribution in [-0.4, -0.2) is 64.7 Å². The lowest BCUT2D eigenvalue weighted by molar-refractivity contribution is -0.142. The van der Waals surface area contributed by atoms with Crippen LogP contribution in [0.2, 0.25) is 0 Å². The lowest BCUT2D eigenvalue weighted by atomic mass is 9.87. The molecule has 43 heavy (non-hydrogen) atoms. The third-order valence-electron chi connectivity index (χ3n) is 8.20. The summed E-state index contributed by atoms with van der Waals surface area (Å²) >= 11 is 0. The Morgan fingerprint density at radius 1 is 1.05 bits per heavy atom. The van der Waals surface area contributed by atoms with Gasteiger partial charge in [-0.15, -0.1) is 0 Å². The highest BCUT2D eigenvalue weighted by Gasteiger charge is 2.51. The minimum absolute atomic E-state index is 0.0347. The summed E-state index contributed by atoms with van der Waals surface area (Å²) in [7, 11) is 0. The largest absolute Gasteiger partial charge is 0.444 e. The number of benzene rings is 1. The molecule has 1 aliphatic heterocycles. The molecule has 1 aliphatic carbocycles. The Kier molecular flexibility index (Phi) is 9.84. The quantitative estimate of drug-likeness (QED) is 0.446. The summed E-state index contributed by atoms with van der Waals surface area (Å²) < 4.78 is 11.6. The topological polar surface area (TPSA) is 101 Å². The fraction of sp³-hybridized carbons (Fsp3) is 0.588. The molecule has 234 valence electrons. The van der Waals surface area contributed by atoms with Crippen molar-refractivity contribution in [2.75, 3.05) is 24.7 Å². The van der Waals surface area contributed by atoms with E-state index in [0.29, 0.717) is 11.3 Å². The third-order valence-corrected chi connectivity index (χ3v) is 8.20. The zero-order valence-electron chi connectivity index (χ0n) is 26.8. The first kappa shape index (κ1) is 32.5. The summed E-state index contributed by atoms with van der Waals surface area (Å²) in [6, 6.07) is 10.3. The molecular formula is C34H48N4O5. The van der Waals surface area contributed by atoms with Crippen molar-refractivity contribution < 1.29 is 23.9 Å². The average Bonchev–Trinajstić information content (AvgIpc) is 2.95. The molecule has 9 nitrogen and oxygen atoms in total. The number of amides is 3. The summed E-state index contributed by atoms with van der Waals surface area (Å²) in [5.74, 6) is -0.716. The van der Waals surface area contributed by atoms with E-state index < -0.39 is 29.2 Å². The van der Waals surface area contributed by atoms with Crippen molar-refractivity contribution in [3.8, 4) is 0 Å². The van der Waals surface area contributed by atoms with Gasteiger partial charge >= 0.3 is 6.09 Å². The van der Waals surface area contributed by atoms with Gasteiger partial charge < -0.3 is 14.8 Å². The van der Waals surface area contributed by atoms with Gasteiger partial charge in [0.25, 0.3) is 5.91 Å². The number of carbonyl (C=O) groups excluding carboxylic acids is 3. The van der Waals surface area contributed by atoms with Crippen LogP contribution in [0.4, 0.5) is 10.5 Å². The van der Waals surface area contributed by atoms with Crippen LogP contribution in [0.5, 0.6) is 0 Å². The van der Waals surface area contributed by atoms with Gasteiger partial charge in [-0.3, -0.25) is 24.4 Å². The van der Waals surface area contributed by atoms with E-state index in [0.717, 1.165) is 37.7 Å². The van der Waals surface area contributed by atoms with E-state index in [2.05, 4.69) is 31.1 Å². The normalized spacial score (nSPS) is 20.7. The molecule has 9 heteroatoms. The zero-order valence-corrected chi connectivity index (χ0v) is 26.8. The number of aromatic nitrogens is 1. The third kappa shape index (κ3) is 7.74. The molecule has 2 heterocycles. The van der Waals surface area contributed by atoms with E-state index in [-0.39, 0.29) is 37.1 Å². The van der Waals surface area contributed by atoms with E-state index in [9.17, 15) is 14.4 Å². The van der Waals surface area contributed by atoms with Crippen molar-refractivity contribution in [3.63, 3.8) is 0 Å². The van der Waals surface area contributed by atoms with Crippen LogP contribution in [0.15, 0.2) is 48.8 Å². The first-order valence-electron chi connectivity index (χ1n) is 15.4. The first-order valence-corrected chi connectivity index (χ1v) is 15.4. The summed E-state index contributed by atoms with van der Waals surface area (Å²) in [4.78, 5) is 50.0. The molecule has 0 bridgehead atoms. The molecule has 1 N–H and O–H groups in total. The van der Waals surface area contributed by atoms with Gasteiger partial charge in [-0.1, -0.05) is 58.2 Å². The smallest absolute Gasteiger partial charge is 0.411 e. The molecule has 1 unspecified atom stereocenters. The molecule has 0 spiro atoms. The van der Waals surface area contributed by atoms with Crippen LogP contribution in [0, 0.1) is 0 Å². The average molecular weight is 593 g/mol. The highest BCUT2D eigenvalue weighted by atomic mass is 16.6. The summed E-state index contributed by atoms with van der Waals surface area (Å²) in [5, 5.41) is 3.24. The van der Waals surface area contributed by atoms with Gasteiger partial charge in [0, 0.05) is 36.2 Å². The second-order valence-corrected chi connectivity index (χ2v) is 14.0. The van der Waals surface area contributed by atoms with Crippen molar-refractivity contribution in [1.82, 2.24) is 15.2 Å². The molecule has 3 amide bonds. The standard InChI is InChI=1S/C34H48N4O5/c1-32(2,3)25-15-17-27(18-16-25)38(30(40)34(7)23-42-21-20-37(34)31(41)43-33(4,5)6)28(24-12-11-19-35-22-24)29(39)36-26-13-9-8-10-14-26/h11-12,15-19,22,26,28H,8-10,13-14,20-21,23H2,1-7H3,(H,36,39)/t28?,34-/m1/s1. The van der Waals surface area contributed by atoms with Crippen molar-refractivity contribution in [2.45, 2.75) is 109 Å². The van der Waals surface area contributed by atoms with E-state index in [1.54, 1.807) is 46.2 Å². The maximum atomic E-state index is 15.0. The predicted octanol–water partition coefficient (Wildman–Crippen LogP) is 5.93. The maximum absolute atomic E-state index is 15.0. The fourth-order valence-electron chi connectivity index (χ4n) is 5.79. The number of pyridine rings is 1. The van der Waals surface area contributed by atoms with Crippen LogP contribution in [-0.2, 0) is 24.5 Å². The number of hydrogen-bond acceptors (Lipinski definition) is 6. The molecule has 1 saturated carbocycles. The number of ether oxygens (including phenoxy) is 2. The minimum atomic E-state index is -1.44. The molecule has 1 aromatic carbocycles. The second kappa shape index (κ2) is 13.0. The summed E-state index contributed by atoms with van der Waals surface area (Å²) in [6.07, 6.45) is 7.74. The Morgan fingerprint density at radius 2 is 1.72 bits per heavy atom. The molecule has 4 rings (SSSR count). The Hall–Kier alpha value is -3.46. The van der Waals surface area contributed by atoms with E-state index in [1.807, 2.05) is 30.3 Å². The number of nitrogens with one attached hydrogen (secondary N) is 1. The molecule has 2 atom stereocenters. The van der Waals surface area contributed by atoms with E-state index >= 15 is 0 Å². The molecule has 1 aromatic heterocycles. The van der Waals surface area contributed by atoms with Crippen LogP contribution < -0.4 is 10.2 Å². The Balaban J connectivity index is 1.83. The highest BCUT2D eigenvalue weighted by molar-refractivity contribution is 6.06. The Morgan fingerprint density at radius 3 is 2.30 bits per heavy atom. The van der Waals surface area contributed by atoms with E-state index in [1.165, 1.54) is 9.80 Å². The SMILES string of the molecule is CC(C)(C)OC(=O)N1CCOC[C@]1(C)C(=O)N(c1ccc(C(C)(C)C)cc1)C(C(=O)NC1CCCCC1)c1cccnc1. The maximum Gasteiger partial charge on any atom is 0.411 e. The van der Waals surface area contributed by atoms with Gasteiger partial charge in [-0.25, -0.2) is 4.79 Å². The van der Waals surface area contributed by atoms with Gasteiger partial charge in [-0.05, 0) is 69.7 Å². The van der Waals surface area contributed by atoms with Gasteiger partial charge in [0.15, 0.2) is 0 Å². The molecule has 1 saturated heterocycles. The van der Waals surface area contributed by atoms with Crippen molar-refractivity contribution >= 4 is 23.6 Å². The zero-order chi connectivity index (χ0) is 31.4. The van der Waals surface area contributed by atoms with Crippen LogP contribution >= 0.6 is 0 Å². The van der Waals surface area contributed by atoms with Crippen molar-refractivity contribution in [2.24, 2.45) is 0 Å². The minimum Gasteiger partial charge on any atom is -0.444 e. The number of rotatable bonds is 6. The predicted molar refractivity (Wildman–Crippen MR) is 167 cm³/mol. The van der Waals surface area contributed by atoms with Crippen molar-refractivity contribution in [1.29, 1.82) is 0 Å². The number of anilines is 1. The molecule has 2 aliphatic rings. The summed E-state index contributed by atoms with van der Waals surface area (Å²) in [6.45, 7) is 13.9. The molecule has 0 radical (unpaired) electrons. The van der Waals surface area contributed by atoms with Crippen LogP contribution in [0.1, 0.15) is 97.7 Å². The Bertz CT molecular complexity index is 1260. The summed E-state index contributed by atoms with van der Waals surface area (Å²) in [5.41, 5.74) is -0.0782. The molecular weight excluding hydrogens is 544 g/mol. The van der Waals surface area contributed by atoms with Gasteiger partial charge in [-0.2, -0.15) is 0 Å². The fourth-order valence-corrected chi connectivity index (χ4v) is 5.79. The molecule has 2 fully saturated rings. The number of carbonyl (C=O) groups is 3. The first-order chi connectivity index (χ1) is 20.2. The monoisotopic (exact) mass is 592 g/mol. The van der Waals surface area contributed by atoms with Crippen LogP contribution in [0.25, 0.3) is 0 Å².